The van der Waals surface area contributed by atoms with E-state index in [2.05, 4.69) is 35.0 Å². The number of rotatable bonds is 7. The lowest BCUT2D eigenvalue weighted by atomic mass is 9.97. The average Bonchev–Trinajstić information content (AvgIpc) is 2.11. The van der Waals surface area contributed by atoms with Crippen molar-refractivity contribution in [2.75, 3.05) is 41.1 Å². The van der Waals surface area contributed by atoms with Crippen LogP contribution >= 0.6 is 7.37 Å². The third-order valence-corrected chi connectivity index (χ3v) is 4.87. The van der Waals surface area contributed by atoms with Crippen molar-refractivity contribution in [2.45, 2.75) is 32.4 Å². The van der Waals surface area contributed by atoms with Crippen LogP contribution in [0.5, 0.6) is 0 Å². The largest absolute Gasteiger partial charge is 0.386 e. The van der Waals surface area contributed by atoms with Crippen LogP contribution in [0, 0.1) is 5.92 Å². The van der Waals surface area contributed by atoms with E-state index in [1.807, 2.05) is 0 Å². The molecular weight excluding hydrogens is 237 g/mol. The number of aliphatic hydroxyl groups is 1. The van der Waals surface area contributed by atoms with Crippen molar-refractivity contribution in [3.8, 4) is 0 Å². The molecule has 104 valence electrons. The van der Waals surface area contributed by atoms with E-state index in [4.69, 9.17) is 4.52 Å². The maximum atomic E-state index is 11.9. The monoisotopic (exact) mass is 266 g/mol. The normalized spacial score (nSPS) is 20.1. The smallest absolute Gasteiger partial charge is 0.202 e. The fraction of sp³-hybridized carbons (Fsp3) is 1.00. The minimum Gasteiger partial charge on any atom is -0.386 e. The third kappa shape index (κ3) is 6.56. The van der Waals surface area contributed by atoms with E-state index < -0.39 is 13.5 Å². The van der Waals surface area contributed by atoms with E-state index in [-0.39, 0.29) is 12.2 Å². The SMILES string of the molecule is COP(C)(=O)C[C@H](O)[C@H](CC(C)C)[N+](C)(C)C. The first-order chi connectivity index (χ1) is 7.49. The Balaban J connectivity index is 4.77. The summed E-state index contributed by atoms with van der Waals surface area (Å²) in [7, 11) is 4.96. The van der Waals surface area contributed by atoms with Gasteiger partial charge in [-0.2, -0.15) is 0 Å². The number of hydrogen-bond donors (Lipinski definition) is 1. The van der Waals surface area contributed by atoms with E-state index in [1.165, 1.54) is 7.11 Å². The lowest BCUT2D eigenvalue weighted by Crippen LogP contribution is -2.53. The zero-order chi connectivity index (χ0) is 13.9. The second-order valence-corrected chi connectivity index (χ2v) is 9.02. The molecule has 0 radical (unpaired) electrons. The first-order valence-corrected chi connectivity index (χ1v) is 8.36. The van der Waals surface area contributed by atoms with Crippen LogP contribution in [0.3, 0.4) is 0 Å². The van der Waals surface area contributed by atoms with E-state index in [1.54, 1.807) is 6.66 Å². The molecule has 0 aromatic carbocycles. The van der Waals surface area contributed by atoms with Crippen molar-refractivity contribution in [1.29, 1.82) is 0 Å². The maximum Gasteiger partial charge on any atom is 0.202 e. The quantitative estimate of drug-likeness (QED) is 0.566. The highest BCUT2D eigenvalue weighted by Crippen LogP contribution is 2.43. The van der Waals surface area contributed by atoms with Crippen LogP contribution in [0.1, 0.15) is 20.3 Å². The van der Waals surface area contributed by atoms with Crippen LogP contribution in [0.4, 0.5) is 0 Å². The summed E-state index contributed by atoms with van der Waals surface area (Å²) < 4.78 is 17.6. The summed E-state index contributed by atoms with van der Waals surface area (Å²) in [6, 6.07) is 0.0819. The Labute approximate surface area is 106 Å². The van der Waals surface area contributed by atoms with Gasteiger partial charge in [0.25, 0.3) is 0 Å². The molecule has 5 heteroatoms. The van der Waals surface area contributed by atoms with Crippen molar-refractivity contribution in [2.24, 2.45) is 5.92 Å². The van der Waals surface area contributed by atoms with Crippen molar-refractivity contribution >= 4 is 7.37 Å². The van der Waals surface area contributed by atoms with Crippen LogP contribution in [0.25, 0.3) is 0 Å². The predicted molar refractivity (Wildman–Crippen MR) is 72.7 cm³/mol. The zero-order valence-electron chi connectivity index (χ0n) is 12.3. The summed E-state index contributed by atoms with van der Waals surface area (Å²) in [4.78, 5) is 0. The van der Waals surface area contributed by atoms with Crippen molar-refractivity contribution in [1.82, 2.24) is 0 Å². The van der Waals surface area contributed by atoms with Gasteiger partial charge in [-0.1, -0.05) is 13.8 Å². The lowest BCUT2D eigenvalue weighted by molar-refractivity contribution is -0.900. The van der Waals surface area contributed by atoms with Crippen LogP contribution < -0.4 is 0 Å². The summed E-state index contributed by atoms with van der Waals surface area (Å²) in [5, 5.41) is 10.3. The summed E-state index contributed by atoms with van der Waals surface area (Å²) in [5.74, 6) is 0.505. The fourth-order valence-corrected chi connectivity index (χ4v) is 3.08. The van der Waals surface area contributed by atoms with Crippen LogP contribution in [0.2, 0.25) is 0 Å². The Morgan fingerprint density at radius 2 is 1.76 bits per heavy atom. The Morgan fingerprint density at radius 1 is 1.29 bits per heavy atom. The molecule has 0 spiro atoms. The van der Waals surface area contributed by atoms with Crippen LogP contribution in [-0.4, -0.2) is 62.8 Å². The van der Waals surface area contributed by atoms with Gasteiger partial charge >= 0.3 is 0 Å². The molecule has 0 saturated carbocycles. The van der Waals surface area contributed by atoms with Gasteiger partial charge in [0.05, 0.1) is 27.3 Å². The average molecular weight is 266 g/mol. The molecule has 0 fully saturated rings. The summed E-state index contributed by atoms with van der Waals surface area (Å²) in [5.41, 5.74) is 0. The molecule has 0 aliphatic heterocycles. The number of quaternary nitrogens is 1. The lowest BCUT2D eigenvalue weighted by Gasteiger charge is -2.38. The summed E-state index contributed by atoms with van der Waals surface area (Å²) in [6.45, 7) is 5.85. The van der Waals surface area contributed by atoms with Gasteiger partial charge in [0.1, 0.15) is 12.1 Å². The Bertz CT molecular complexity index is 273. The van der Waals surface area contributed by atoms with Crippen molar-refractivity contribution in [3.05, 3.63) is 0 Å². The first kappa shape index (κ1) is 17.1. The number of nitrogens with zero attached hydrogens (tertiary/aromatic N) is 1. The summed E-state index contributed by atoms with van der Waals surface area (Å²) in [6.07, 6.45) is 0.554. The van der Waals surface area contributed by atoms with Gasteiger partial charge in [0.2, 0.25) is 7.37 Å². The summed E-state index contributed by atoms with van der Waals surface area (Å²) >= 11 is 0. The highest BCUT2D eigenvalue weighted by molar-refractivity contribution is 7.58. The maximum absolute atomic E-state index is 11.9. The molecule has 0 aliphatic rings. The molecule has 3 atom stereocenters. The molecule has 4 nitrogen and oxygen atoms in total. The minimum atomic E-state index is -2.66. The molecule has 0 aliphatic carbocycles. The molecule has 0 saturated heterocycles. The second-order valence-electron chi connectivity index (χ2n) is 6.26. The van der Waals surface area contributed by atoms with Crippen molar-refractivity contribution in [3.63, 3.8) is 0 Å². The minimum absolute atomic E-state index is 0.0819. The Kier molecular flexibility index (Phi) is 6.37. The van der Waals surface area contributed by atoms with E-state index >= 15 is 0 Å². The van der Waals surface area contributed by atoms with E-state index in [9.17, 15) is 9.67 Å². The third-order valence-electron chi connectivity index (χ3n) is 3.06. The highest BCUT2D eigenvalue weighted by Gasteiger charge is 2.35. The van der Waals surface area contributed by atoms with Gasteiger partial charge in [-0.15, -0.1) is 0 Å². The molecule has 1 unspecified atom stereocenters. The van der Waals surface area contributed by atoms with E-state index in [0.717, 1.165) is 6.42 Å². The molecule has 0 aromatic heterocycles. The first-order valence-electron chi connectivity index (χ1n) is 6.11. The molecule has 0 bridgehead atoms. The Hall–Kier alpha value is 0.110. The van der Waals surface area contributed by atoms with Gasteiger partial charge < -0.3 is 14.1 Å². The number of likely N-dealkylation sites (N-methyl/N-ethyl adjacent to an activating group) is 1. The van der Waals surface area contributed by atoms with Crippen molar-refractivity contribution < 1.29 is 18.7 Å². The van der Waals surface area contributed by atoms with Gasteiger partial charge in [-0.25, -0.2) is 0 Å². The molecule has 0 rings (SSSR count). The zero-order valence-corrected chi connectivity index (χ0v) is 13.2. The molecule has 0 amide bonds. The van der Waals surface area contributed by atoms with Gasteiger partial charge in [0, 0.05) is 20.2 Å². The van der Waals surface area contributed by atoms with Gasteiger partial charge in [-0.3, -0.25) is 4.57 Å². The number of hydrogen-bond acceptors (Lipinski definition) is 3. The molecule has 17 heavy (non-hydrogen) atoms. The second kappa shape index (κ2) is 6.33. The topological polar surface area (TPSA) is 46.5 Å². The molecule has 1 N–H and O–H groups in total. The Morgan fingerprint density at radius 3 is 2.06 bits per heavy atom. The molecule has 0 heterocycles. The van der Waals surface area contributed by atoms with Crippen LogP contribution in [-0.2, 0) is 9.09 Å². The predicted octanol–water partition coefficient (Wildman–Crippen LogP) is 2.02. The van der Waals surface area contributed by atoms with Crippen LogP contribution in [0.15, 0.2) is 0 Å². The fourth-order valence-electron chi connectivity index (χ4n) is 2.01. The molecular formula is C12H29NO3P+. The van der Waals surface area contributed by atoms with E-state index in [0.29, 0.717) is 10.4 Å². The van der Waals surface area contributed by atoms with Gasteiger partial charge in [0.15, 0.2) is 0 Å². The van der Waals surface area contributed by atoms with Gasteiger partial charge in [-0.05, 0) is 5.92 Å². The highest BCUT2D eigenvalue weighted by atomic mass is 31.2. The molecule has 0 aromatic rings. The standard InChI is InChI=1S/C12H29NO3P/c1-10(2)8-11(13(3,4)5)12(14)9-17(7,15)16-6/h10-12,14H,8-9H2,1-7H3/q+1/t11-,12-,17?/m0/s1. The number of aliphatic hydroxyl groups excluding tert-OH is 1.